The molecule has 4 aliphatic rings. The zero-order valence-electron chi connectivity index (χ0n) is 19.9. The molecule has 1 spiro atoms. The first-order chi connectivity index (χ1) is 18.0. The summed E-state index contributed by atoms with van der Waals surface area (Å²) in [5.41, 5.74) is 1.79. The van der Waals surface area contributed by atoms with E-state index in [2.05, 4.69) is 4.40 Å². The van der Waals surface area contributed by atoms with Gasteiger partial charge in [0.15, 0.2) is 10.6 Å². The first-order valence-corrected chi connectivity index (χ1v) is 13.7. The van der Waals surface area contributed by atoms with Crippen molar-refractivity contribution in [3.05, 3.63) is 68.4 Å². The predicted octanol–water partition coefficient (Wildman–Crippen LogP) is 6.43. The second kappa shape index (κ2) is 9.37. The van der Waals surface area contributed by atoms with Crippen LogP contribution in [0.1, 0.15) is 41.5 Å². The number of halogens is 6. The van der Waals surface area contributed by atoms with Gasteiger partial charge in [-0.25, -0.2) is 8.79 Å². The van der Waals surface area contributed by atoms with E-state index in [-0.39, 0.29) is 23.1 Å². The normalized spacial score (nSPS) is 24.9. The molecule has 4 aliphatic heterocycles. The molecule has 6 rings (SSSR count). The number of hydrogen-bond acceptors (Lipinski definition) is 5. The van der Waals surface area contributed by atoms with Crippen LogP contribution in [-0.2, 0) is 31.2 Å². The maximum Gasteiger partial charge on any atom is 0.409 e. The van der Waals surface area contributed by atoms with Crippen LogP contribution in [0.25, 0.3) is 0 Å². The minimum atomic E-state index is -4.70. The summed E-state index contributed by atoms with van der Waals surface area (Å²) in [5.74, 6) is -0.869. The van der Waals surface area contributed by atoms with Gasteiger partial charge in [0.2, 0.25) is 5.91 Å². The Balaban J connectivity index is 1.22. The van der Waals surface area contributed by atoms with Crippen molar-refractivity contribution in [1.29, 1.82) is 0 Å². The zero-order valence-corrected chi connectivity index (χ0v) is 22.2. The van der Waals surface area contributed by atoms with Gasteiger partial charge in [0.25, 0.3) is 0 Å². The van der Waals surface area contributed by atoms with Crippen molar-refractivity contribution in [3.8, 4) is 0 Å². The van der Waals surface area contributed by atoms with Crippen molar-refractivity contribution in [2.45, 2.75) is 42.4 Å². The van der Waals surface area contributed by atoms with Gasteiger partial charge in [-0.2, -0.15) is 13.2 Å². The van der Waals surface area contributed by atoms with Gasteiger partial charge in [0.1, 0.15) is 5.60 Å². The van der Waals surface area contributed by atoms with Crippen LogP contribution in [0, 0.1) is 11.7 Å². The number of alkyl halides is 3. The topological polar surface area (TPSA) is 51.1 Å². The van der Waals surface area contributed by atoms with E-state index in [0.717, 1.165) is 36.1 Å². The molecule has 0 aliphatic carbocycles. The van der Waals surface area contributed by atoms with E-state index in [0.29, 0.717) is 50.4 Å². The number of ether oxygens (including phenoxy) is 2. The molecule has 1 atom stereocenters. The molecular weight excluding hydrogens is 567 g/mol. The third-order valence-corrected chi connectivity index (χ3v) is 9.63. The summed E-state index contributed by atoms with van der Waals surface area (Å²) >= 11 is 12.0. The van der Waals surface area contributed by atoms with E-state index in [9.17, 15) is 22.4 Å². The average Bonchev–Trinajstić information content (AvgIpc) is 3.49. The molecule has 0 bridgehead atoms. The summed E-state index contributed by atoms with van der Waals surface area (Å²) in [6, 6.07) is 7.34. The Hall–Kier alpha value is -1.85. The Bertz CT molecular complexity index is 1320. The van der Waals surface area contributed by atoms with Crippen molar-refractivity contribution in [2.24, 2.45) is 10.3 Å². The molecule has 2 saturated heterocycles. The first-order valence-electron chi connectivity index (χ1n) is 12.1. The molecule has 2 aromatic carbocycles. The summed E-state index contributed by atoms with van der Waals surface area (Å²) in [5, 5.41) is -0.954. The van der Waals surface area contributed by atoms with Crippen LogP contribution in [0.5, 0.6) is 0 Å². The van der Waals surface area contributed by atoms with Crippen LogP contribution in [-0.4, -0.2) is 49.0 Å². The van der Waals surface area contributed by atoms with Gasteiger partial charge in [0.05, 0.1) is 35.5 Å². The van der Waals surface area contributed by atoms with Crippen molar-refractivity contribution in [1.82, 2.24) is 4.90 Å². The standard InChI is InChI=1S/C26H22Cl2F4N2O3S/c27-19-8-17(9-20(28)22(19)29)25(26(30,31)32)10-21(33-38-25)15-1-2-18-16(7-15)11-37-24(18)12-34(13-24)23(35)14-3-5-36-6-4-14/h1-2,7-9,14H,3-6,10-13H2. The third kappa shape index (κ3) is 4.15. The predicted molar refractivity (Wildman–Crippen MR) is 136 cm³/mol. The van der Waals surface area contributed by atoms with Crippen molar-refractivity contribution in [3.63, 3.8) is 0 Å². The molecular formula is C26H22Cl2F4N2O3S. The molecule has 0 saturated carbocycles. The Labute approximate surface area is 230 Å². The molecule has 0 aromatic heterocycles. The quantitative estimate of drug-likeness (QED) is 0.236. The van der Waals surface area contributed by atoms with Crippen LogP contribution in [0.15, 0.2) is 34.7 Å². The number of nitrogens with zero attached hydrogens (tertiary/aromatic N) is 2. The molecule has 12 heteroatoms. The van der Waals surface area contributed by atoms with Gasteiger partial charge >= 0.3 is 6.18 Å². The molecule has 4 heterocycles. The van der Waals surface area contributed by atoms with Crippen LogP contribution in [0.4, 0.5) is 17.6 Å². The van der Waals surface area contributed by atoms with Gasteiger partial charge in [-0.05, 0) is 65.2 Å². The summed E-state index contributed by atoms with van der Waals surface area (Å²) < 4.78 is 70.5. The van der Waals surface area contributed by atoms with Crippen LogP contribution < -0.4 is 0 Å². The number of carbonyl (C=O) groups is 1. The molecule has 1 unspecified atom stereocenters. The lowest BCUT2D eigenvalue weighted by molar-refractivity contribution is -0.174. The maximum absolute atomic E-state index is 14.4. The minimum Gasteiger partial charge on any atom is -0.381 e. The summed E-state index contributed by atoms with van der Waals surface area (Å²) in [6.45, 7) is 2.40. The SMILES string of the molecule is O=C(C1CCOCC1)N1CC2(C1)OCc1cc(C3=NSC(c4cc(Cl)c(F)c(Cl)c4)(C(F)(F)F)C3)ccc12. The smallest absolute Gasteiger partial charge is 0.381 e. The van der Waals surface area contributed by atoms with Crippen LogP contribution >= 0.6 is 35.1 Å². The Kier molecular flexibility index (Phi) is 6.50. The lowest BCUT2D eigenvalue weighted by Crippen LogP contribution is -2.62. The average molecular weight is 589 g/mol. The van der Waals surface area contributed by atoms with Gasteiger partial charge in [-0.3, -0.25) is 4.79 Å². The minimum absolute atomic E-state index is 0.0259. The lowest BCUT2D eigenvalue weighted by atomic mass is 9.82. The number of likely N-dealkylation sites (tertiary alicyclic amines) is 1. The first kappa shape index (κ1) is 26.4. The number of amides is 1. The van der Waals surface area contributed by atoms with Crippen LogP contribution in [0.2, 0.25) is 10.0 Å². The van der Waals surface area contributed by atoms with E-state index >= 15 is 0 Å². The number of benzene rings is 2. The monoisotopic (exact) mass is 588 g/mol. The van der Waals surface area contributed by atoms with E-state index in [1.54, 1.807) is 6.07 Å². The molecule has 2 aromatic rings. The van der Waals surface area contributed by atoms with Crippen molar-refractivity contribution in [2.75, 3.05) is 26.3 Å². The number of rotatable bonds is 3. The highest BCUT2D eigenvalue weighted by molar-refractivity contribution is 7.99. The van der Waals surface area contributed by atoms with Crippen molar-refractivity contribution < 1.29 is 31.8 Å². The number of carbonyl (C=O) groups excluding carboxylic acids is 1. The fourth-order valence-electron chi connectivity index (χ4n) is 5.67. The lowest BCUT2D eigenvalue weighted by Gasteiger charge is -2.48. The second-order valence-corrected chi connectivity index (χ2v) is 12.0. The zero-order chi connectivity index (χ0) is 26.9. The summed E-state index contributed by atoms with van der Waals surface area (Å²) in [7, 11) is 0. The van der Waals surface area contributed by atoms with E-state index < -0.39 is 38.8 Å². The number of hydrogen-bond donors (Lipinski definition) is 0. The molecule has 38 heavy (non-hydrogen) atoms. The molecule has 5 nitrogen and oxygen atoms in total. The highest BCUT2D eigenvalue weighted by Gasteiger charge is 2.60. The highest BCUT2D eigenvalue weighted by atomic mass is 35.5. The number of fused-ring (bicyclic) bond motifs is 2. The molecule has 0 radical (unpaired) electrons. The molecule has 202 valence electrons. The van der Waals surface area contributed by atoms with Gasteiger partial charge in [-0.1, -0.05) is 35.3 Å². The third-order valence-electron chi connectivity index (χ3n) is 7.84. The maximum atomic E-state index is 14.4. The fourth-order valence-corrected chi connectivity index (χ4v) is 7.12. The highest BCUT2D eigenvalue weighted by Crippen LogP contribution is 2.57. The molecule has 0 N–H and O–H groups in total. The fraction of sp³-hybridized carbons (Fsp3) is 0.462. The van der Waals surface area contributed by atoms with E-state index in [1.165, 1.54) is 0 Å². The van der Waals surface area contributed by atoms with E-state index in [4.69, 9.17) is 32.7 Å². The van der Waals surface area contributed by atoms with Gasteiger partial charge in [-0.15, -0.1) is 0 Å². The molecule has 2 fully saturated rings. The summed E-state index contributed by atoms with van der Waals surface area (Å²) in [6.07, 6.45) is -3.72. The van der Waals surface area contributed by atoms with Gasteiger partial charge in [0, 0.05) is 25.6 Å². The van der Waals surface area contributed by atoms with E-state index in [1.807, 2.05) is 17.0 Å². The van der Waals surface area contributed by atoms with Crippen molar-refractivity contribution >= 4 is 46.8 Å². The second-order valence-electron chi connectivity index (χ2n) is 10.1. The Morgan fingerprint density at radius 1 is 1.11 bits per heavy atom. The largest absolute Gasteiger partial charge is 0.409 e. The Morgan fingerprint density at radius 3 is 2.45 bits per heavy atom. The molecule has 1 amide bonds. The van der Waals surface area contributed by atoms with Gasteiger partial charge < -0.3 is 14.4 Å². The van der Waals surface area contributed by atoms with Crippen LogP contribution in [0.3, 0.4) is 0 Å². The Morgan fingerprint density at radius 2 is 1.79 bits per heavy atom. The summed E-state index contributed by atoms with van der Waals surface area (Å²) in [4.78, 5) is 14.7.